The monoisotopic (exact) mass is 310 g/mol. The Bertz CT molecular complexity index is 792. The predicted octanol–water partition coefficient (Wildman–Crippen LogP) is 3.43. The summed E-state index contributed by atoms with van der Waals surface area (Å²) in [5, 5.41) is 7.91. The summed E-state index contributed by atoms with van der Waals surface area (Å²) in [7, 11) is 0. The molecule has 3 aromatic rings. The number of carbonyl (C=O) groups excluding carboxylic acids is 1. The number of rotatable bonds is 5. The van der Waals surface area contributed by atoms with Gasteiger partial charge in [0.2, 0.25) is 0 Å². The lowest BCUT2D eigenvalue weighted by Crippen LogP contribution is -2.24. The maximum atomic E-state index is 11.7. The first-order chi connectivity index (χ1) is 10.8. The predicted molar refractivity (Wildman–Crippen MR) is 89.5 cm³/mol. The Kier molecular flexibility index (Phi) is 4.46. The van der Waals surface area contributed by atoms with Crippen molar-refractivity contribution < 1.29 is 9.53 Å². The first-order valence-corrected chi connectivity index (χ1v) is 7.67. The normalized spacial score (nSPS) is 10.9. The van der Waals surface area contributed by atoms with Gasteiger partial charge in [0.25, 0.3) is 5.91 Å². The molecule has 0 atom stereocenters. The van der Waals surface area contributed by atoms with Crippen LogP contribution in [0, 0.1) is 0 Å². The van der Waals surface area contributed by atoms with Gasteiger partial charge >= 0.3 is 0 Å². The molecule has 0 unspecified atom stereocenters. The second kappa shape index (κ2) is 6.87. The number of fused-ring (bicyclic) bond motifs is 1. The molecule has 1 N–H and O–H groups in total. The van der Waals surface area contributed by atoms with Crippen LogP contribution >= 0.6 is 11.3 Å². The van der Waals surface area contributed by atoms with Crippen LogP contribution in [0.2, 0.25) is 0 Å². The van der Waals surface area contributed by atoms with Gasteiger partial charge in [-0.2, -0.15) is 5.10 Å². The van der Waals surface area contributed by atoms with Gasteiger partial charge in [-0.3, -0.25) is 4.79 Å². The molecule has 0 spiro atoms. The molecule has 3 rings (SSSR count). The van der Waals surface area contributed by atoms with Crippen LogP contribution in [-0.2, 0) is 4.79 Å². The number of amides is 1. The number of thiophene rings is 1. The van der Waals surface area contributed by atoms with Gasteiger partial charge in [0.05, 0.1) is 6.21 Å². The van der Waals surface area contributed by atoms with Crippen LogP contribution in [0.1, 0.15) is 4.88 Å². The molecule has 4 nitrogen and oxygen atoms in total. The second-order valence-electron chi connectivity index (χ2n) is 4.57. The maximum Gasteiger partial charge on any atom is 0.277 e. The van der Waals surface area contributed by atoms with Crippen LogP contribution in [0.5, 0.6) is 5.75 Å². The third-order valence-electron chi connectivity index (χ3n) is 3.03. The molecule has 0 saturated heterocycles. The number of nitrogens with zero attached hydrogens (tertiary/aromatic N) is 1. The van der Waals surface area contributed by atoms with E-state index >= 15 is 0 Å². The van der Waals surface area contributed by atoms with Crippen molar-refractivity contribution in [1.29, 1.82) is 0 Å². The van der Waals surface area contributed by atoms with Gasteiger partial charge in [0.1, 0.15) is 5.75 Å². The Balaban J connectivity index is 1.58. The first-order valence-electron chi connectivity index (χ1n) is 6.79. The summed E-state index contributed by atoms with van der Waals surface area (Å²) in [6.07, 6.45) is 1.61. The van der Waals surface area contributed by atoms with Crippen LogP contribution in [0.15, 0.2) is 65.1 Å². The zero-order valence-electron chi connectivity index (χ0n) is 11.7. The van der Waals surface area contributed by atoms with Crippen molar-refractivity contribution in [3.05, 3.63) is 64.9 Å². The first kappa shape index (κ1) is 14.3. The van der Waals surface area contributed by atoms with Crippen molar-refractivity contribution in [2.75, 3.05) is 6.61 Å². The van der Waals surface area contributed by atoms with Gasteiger partial charge in [-0.25, -0.2) is 5.43 Å². The third kappa shape index (κ3) is 3.51. The smallest absolute Gasteiger partial charge is 0.277 e. The zero-order chi connectivity index (χ0) is 15.2. The van der Waals surface area contributed by atoms with Crippen LogP contribution < -0.4 is 10.2 Å². The lowest BCUT2D eigenvalue weighted by atomic mass is 10.1. The van der Waals surface area contributed by atoms with Crippen LogP contribution in [0.3, 0.4) is 0 Å². The average Bonchev–Trinajstić information content (AvgIpc) is 3.06. The Morgan fingerprint density at radius 3 is 2.86 bits per heavy atom. The lowest BCUT2D eigenvalue weighted by molar-refractivity contribution is -0.123. The molecular weight excluding hydrogens is 296 g/mol. The summed E-state index contributed by atoms with van der Waals surface area (Å²) < 4.78 is 5.59. The van der Waals surface area contributed by atoms with Gasteiger partial charge in [0.15, 0.2) is 6.61 Å². The van der Waals surface area contributed by atoms with E-state index < -0.39 is 0 Å². The Morgan fingerprint density at radius 1 is 1.14 bits per heavy atom. The summed E-state index contributed by atoms with van der Waals surface area (Å²) in [6.45, 7) is -0.0736. The molecule has 110 valence electrons. The van der Waals surface area contributed by atoms with Crippen LogP contribution in [0.25, 0.3) is 10.8 Å². The van der Waals surface area contributed by atoms with Gasteiger partial charge in [0, 0.05) is 10.3 Å². The number of hydrogen-bond donors (Lipinski definition) is 1. The third-order valence-corrected chi connectivity index (χ3v) is 3.84. The molecule has 22 heavy (non-hydrogen) atoms. The summed E-state index contributed by atoms with van der Waals surface area (Å²) in [6, 6.07) is 17.5. The van der Waals surface area contributed by atoms with Crippen molar-refractivity contribution in [2.45, 2.75) is 0 Å². The molecule has 1 aromatic heterocycles. The fraction of sp³-hybridized carbons (Fsp3) is 0.0588. The summed E-state index contributed by atoms with van der Waals surface area (Å²) >= 11 is 1.55. The van der Waals surface area contributed by atoms with Gasteiger partial charge in [-0.1, -0.05) is 42.5 Å². The van der Waals surface area contributed by atoms with E-state index in [0.717, 1.165) is 15.6 Å². The highest BCUT2D eigenvalue weighted by atomic mass is 32.1. The molecular formula is C17H14N2O2S. The molecule has 1 amide bonds. The van der Waals surface area contributed by atoms with Gasteiger partial charge in [-0.05, 0) is 22.9 Å². The molecule has 1 heterocycles. The molecule has 0 aliphatic carbocycles. The van der Waals surface area contributed by atoms with Crippen molar-refractivity contribution in [2.24, 2.45) is 5.10 Å². The highest BCUT2D eigenvalue weighted by Crippen LogP contribution is 2.24. The highest BCUT2D eigenvalue weighted by Gasteiger charge is 2.04. The summed E-state index contributed by atoms with van der Waals surface area (Å²) in [4.78, 5) is 12.7. The Hall–Kier alpha value is -2.66. The highest BCUT2D eigenvalue weighted by molar-refractivity contribution is 7.11. The van der Waals surface area contributed by atoms with E-state index in [9.17, 15) is 4.79 Å². The largest absolute Gasteiger partial charge is 0.483 e. The molecule has 2 aromatic carbocycles. The molecule has 0 radical (unpaired) electrons. The minimum absolute atomic E-state index is 0.0736. The maximum absolute atomic E-state index is 11.7. The number of ether oxygens (including phenoxy) is 1. The van der Waals surface area contributed by atoms with E-state index in [1.165, 1.54) is 0 Å². The number of benzene rings is 2. The Morgan fingerprint density at radius 2 is 2.00 bits per heavy atom. The minimum atomic E-state index is -0.291. The van der Waals surface area contributed by atoms with Gasteiger partial charge < -0.3 is 4.74 Å². The molecule has 0 aliphatic heterocycles. The van der Waals surface area contributed by atoms with E-state index in [0.29, 0.717) is 5.75 Å². The summed E-state index contributed by atoms with van der Waals surface area (Å²) in [5.74, 6) is 0.399. The SMILES string of the molecule is O=C(COc1cccc2ccccc12)N/N=C/c1cccs1. The molecule has 5 heteroatoms. The van der Waals surface area contributed by atoms with E-state index in [2.05, 4.69) is 10.5 Å². The van der Waals surface area contributed by atoms with Crippen molar-refractivity contribution in [3.63, 3.8) is 0 Å². The summed E-state index contributed by atoms with van der Waals surface area (Å²) in [5.41, 5.74) is 2.45. The van der Waals surface area contributed by atoms with Gasteiger partial charge in [-0.15, -0.1) is 11.3 Å². The molecule has 0 bridgehead atoms. The number of hydrazone groups is 1. The van der Waals surface area contributed by atoms with E-state index in [4.69, 9.17) is 4.74 Å². The molecule has 0 fully saturated rings. The quantitative estimate of drug-likeness (QED) is 0.580. The Labute approximate surface area is 132 Å². The fourth-order valence-corrected chi connectivity index (χ4v) is 2.61. The fourth-order valence-electron chi connectivity index (χ4n) is 2.03. The second-order valence-corrected chi connectivity index (χ2v) is 5.55. The molecule has 0 aliphatic rings. The van der Waals surface area contributed by atoms with Crippen molar-refractivity contribution in [3.8, 4) is 5.75 Å². The topological polar surface area (TPSA) is 50.7 Å². The number of carbonyl (C=O) groups is 1. The lowest BCUT2D eigenvalue weighted by Gasteiger charge is -2.08. The van der Waals surface area contributed by atoms with E-state index in [1.807, 2.05) is 60.0 Å². The van der Waals surface area contributed by atoms with Crippen molar-refractivity contribution >= 4 is 34.2 Å². The zero-order valence-corrected chi connectivity index (χ0v) is 12.5. The van der Waals surface area contributed by atoms with E-state index in [1.54, 1.807) is 17.6 Å². The number of hydrogen-bond acceptors (Lipinski definition) is 4. The number of nitrogens with one attached hydrogen (secondary N) is 1. The molecule has 0 saturated carbocycles. The van der Waals surface area contributed by atoms with Crippen LogP contribution in [-0.4, -0.2) is 18.7 Å². The average molecular weight is 310 g/mol. The van der Waals surface area contributed by atoms with Crippen molar-refractivity contribution in [1.82, 2.24) is 5.43 Å². The standard InChI is InChI=1S/C17H14N2O2S/c20-17(19-18-11-14-7-4-10-22-14)12-21-16-9-3-6-13-5-1-2-8-15(13)16/h1-11H,12H2,(H,19,20)/b18-11+. The van der Waals surface area contributed by atoms with Crippen LogP contribution in [0.4, 0.5) is 0 Å². The van der Waals surface area contributed by atoms with E-state index in [-0.39, 0.29) is 12.5 Å². The minimum Gasteiger partial charge on any atom is -0.483 e.